The van der Waals surface area contributed by atoms with E-state index in [9.17, 15) is 9.59 Å². The Balaban J connectivity index is 1.24. The normalized spacial score (nSPS) is 13.5. The standard InChI is InChI=1S/C35H40N6O2/c1-23(21-39-33(42)26-18-17-24-10-3-4-11-25(24)20-26)40-32(16-9-19-38-35(36)37)34(43)41(2)22-31-29-14-7-5-12-27(29)28-13-6-8-15-30(28)31/h3-8,10-15,17-18,20,23,31-32,40H,9,16,19,21-22H2,1-2H3,(H,39,42)(H4,36,37,38)/t23?,32-/m0/s1. The third kappa shape index (κ3) is 7.04. The Morgan fingerprint density at radius 2 is 1.51 bits per heavy atom. The Morgan fingerprint density at radius 3 is 2.19 bits per heavy atom. The van der Waals surface area contributed by atoms with E-state index in [0.717, 1.165) is 10.8 Å². The molecule has 2 amide bonds. The van der Waals surface area contributed by atoms with E-state index in [2.05, 4.69) is 64.5 Å². The van der Waals surface area contributed by atoms with Crippen LogP contribution in [0.15, 0.2) is 91.0 Å². The van der Waals surface area contributed by atoms with Crippen molar-refractivity contribution < 1.29 is 9.59 Å². The van der Waals surface area contributed by atoms with Gasteiger partial charge in [-0.2, -0.15) is 0 Å². The van der Waals surface area contributed by atoms with Crippen LogP contribution in [0, 0.1) is 5.41 Å². The van der Waals surface area contributed by atoms with Gasteiger partial charge in [-0.1, -0.05) is 78.9 Å². The molecule has 5 rings (SSSR count). The summed E-state index contributed by atoms with van der Waals surface area (Å²) in [5.74, 6) is -0.141. The molecule has 6 N–H and O–H groups in total. The van der Waals surface area contributed by atoms with Crippen LogP contribution in [0.5, 0.6) is 0 Å². The molecule has 4 aromatic carbocycles. The highest BCUT2D eigenvalue weighted by Crippen LogP contribution is 2.44. The van der Waals surface area contributed by atoms with E-state index >= 15 is 0 Å². The van der Waals surface area contributed by atoms with Crippen LogP contribution >= 0.6 is 0 Å². The molecule has 0 heterocycles. The van der Waals surface area contributed by atoms with E-state index < -0.39 is 6.04 Å². The van der Waals surface area contributed by atoms with Crippen molar-refractivity contribution >= 4 is 28.5 Å². The van der Waals surface area contributed by atoms with Gasteiger partial charge in [0.1, 0.15) is 0 Å². The third-order valence-corrected chi connectivity index (χ3v) is 8.14. The van der Waals surface area contributed by atoms with Crippen LogP contribution in [0.3, 0.4) is 0 Å². The molecule has 0 bridgehead atoms. The fraction of sp³-hybridized carbons (Fsp3) is 0.286. The first-order valence-corrected chi connectivity index (χ1v) is 14.9. The minimum Gasteiger partial charge on any atom is -0.370 e. The minimum atomic E-state index is -0.460. The number of benzene rings is 4. The van der Waals surface area contributed by atoms with Gasteiger partial charge >= 0.3 is 0 Å². The van der Waals surface area contributed by atoms with Gasteiger partial charge in [-0.05, 0) is 64.9 Å². The summed E-state index contributed by atoms with van der Waals surface area (Å²) >= 11 is 0. The predicted octanol–water partition coefficient (Wildman–Crippen LogP) is 4.45. The first-order chi connectivity index (χ1) is 20.8. The van der Waals surface area contributed by atoms with E-state index in [1.165, 1.54) is 22.3 Å². The van der Waals surface area contributed by atoms with Gasteiger partial charge in [0.05, 0.1) is 6.04 Å². The fourth-order valence-corrected chi connectivity index (χ4v) is 5.97. The SMILES string of the molecule is CC(CNC(=O)c1ccc2ccccc2c1)N[C@@H](CCCNC(=N)N)C(=O)N(C)CC1c2ccccc2-c2ccccc21. The minimum absolute atomic E-state index is 0.00241. The topological polar surface area (TPSA) is 123 Å². The van der Waals surface area contributed by atoms with Crippen molar-refractivity contribution in [1.29, 1.82) is 5.41 Å². The zero-order chi connectivity index (χ0) is 30.3. The maximum Gasteiger partial charge on any atom is 0.251 e. The molecule has 222 valence electrons. The van der Waals surface area contributed by atoms with Crippen LogP contribution in [-0.2, 0) is 4.79 Å². The molecule has 0 aliphatic heterocycles. The monoisotopic (exact) mass is 576 g/mol. The number of hydrogen-bond acceptors (Lipinski definition) is 4. The number of guanidine groups is 1. The van der Waals surface area contributed by atoms with Crippen molar-refractivity contribution in [3.05, 3.63) is 108 Å². The number of nitrogens with one attached hydrogen (secondary N) is 4. The largest absolute Gasteiger partial charge is 0.370 e. The first-order valence-electron chi connectivity index (χ1n) is 14.9. The summed E-state index contributed by atoms with van der Waals surface area (Å²) in [6.07, 6.45) is 1.21. The summed E-state index contributed by atoms with van der Waals surface area (Å²) in [5.41, 5.74) is 11.0. The van der Waals surface area contributed by atoms with Crippen LogP contribution < -0.4 is 21.7 Å². The van der Waals surface area contributed by atoms with Gasteiger partial charge in [-0.3, -0.25) is 15.0 Å². The zero-order valence-corrected chi connectivity index (χ0v) is 24.8. The van der Waals surface area contributed by atoms with Gasteiger partial charge in [-0.25, -0.2) is 0 Å². The Labute approximate surface area is 253 Å². The molecule has 2 atom stereocenters. The molecular formula is C35H40N6O2. The van der Waals surface area contributed by atoms with Gasteiger partial charge in [0.2, 0.25) is 5.91 Å². The average molecular weight is 577 g/mol. The molecule has 0 aromatic heterocycles. The lowest BCUT2D eigenvalue weighted by Crippen LogP contribution is -2.51. The highest BCUT2D eigenvalue weighted by atomic mass is 16.2. The lowest BCUT2D eigenvalue weighted by atomic mass is 9.96. The van der Waals surface area contributed by atoms with Crippen LogP contribution in [0.25, 0.3) is 21.9 Å². The molecule has 0 saturated heterocycles. The zero-order valence-electron chi connectivity index (χ0n) is 24.8. The number of hydrogen-bond donors (Lipinski definition) is 5. The molecule has 0 fully saturated rings. The molecule has 0 radical (unpaired) electrons. The van der Waals surface area contributed by atoms with Crippen LogP contribution in [0.1, 0.15) is 47.2 Å². The van der Waals surface area contributed by atoms with Crippen molar-refractivity contribution in [3.8, 4) is 11.1 Å². The maximum absolute atomic E-state index is 13.9. The molecule has 1 unspecified atom stereocenters. The van der Waals surface area contributed by atoms with E-state index in [1.54, 1.807) is 0 Å². The number of rotatable bonds is 12. The fourth-order valence-electron chi connectivity index (χ4n) is 5.97. The highest BCUT2D eigenvalue weighted by Gasteiger charge is 2.31. The maximum atomic E-state index is 13.9. The molecule has 1 aliphatic carbocycles. The summed E-state index contributed by atoms with van der Waals surface area (Å²) in [7, 11) is 1.86. The Morgan fingerprint density at radius 1 is 0.884 bits per heavy atom. The summed E-state index contributed by atoms with van der Waals surface area (Å²) < 4.78 is 0. The van der Waals surface area contributed by atoms with Crippen LogP contribution in [-0.4, -0.2) is 61.4 Å². The Hall–Kier alpha value is -4.69. The van der Waals surface area contributed by atoms with Crippen molar-refractivity contribution in [2.24, 2.45) is 5.73 Å². The van der Waals surface area contributed by atoms with Gasteiger partial charge < -0.3 is 26.6 Å². The number of amides is 2. The van der Waals surface area contributed by atoms with Crippen molar-refractivity contribution in [3.63, 3.8) is 0 Å². The number of fused-ring (bicyclic) bond motifs is 4. The van der Waals surface area contributed by atoms with E-state index in [0.29, 0.717) is 38.0 Å². The number of carbonyl (C=O) groups is 2. The molecule has 4 aromatic rings. The first kappa shape index (κ1) is 29.8. The van der Waals surface area contributed by atoms with Gasteiger partial charge in [0.25, 0.3) is 5.91 Å². The van der Waals surface area contributed by atoms with Gasteiger partial charge in [0.15, 0.2) is 5.96 Å². The number of carbonyl (C=O) groups excluding carboxylic acids is 2. The molecular weight excluding hydrogens is 536 g/mol. The second-order valence-electron chi connectivity index (χ2n) is 11.3. The van der Waals surface area contributed by atoms with Crippen LogP contribution in [0.4, 0.5) is 0 Å². The highest BCUT2D eigenvalue weighted by molar-refractivity contribution is 5.98. The average Bonchev–Trinajstić information content (AvgIpc) is 3.33. The van der Waals surface area contributed by atoms with Gasteiger partial charge in [0, 0.05) is 44.2 Å². The second kappa shape index (κ2) is 13.5. The molecule has 8 heteroatoms. The van der Waals surface area contributed by atoms with Gasteiger partial charge in [-0.15, -0.1) is 0 Å². The second-order valence-corrected chi connectivity index (χ2v) is 11.3. The third-order valence-electron chi connectivity index (χ3n) is 8.14. The summed E-state index contributed by atoms with van der Waals surface area (Å²) in [4.78, 5) is 28.6. The molecule has 43 heavy (non-hydrogen) atoms. The van der Waals surface area contributed by atoms with E-state index in [4.69, 9.17) is 11.1 Å². The molecule has 0 saturated carbocycles. The molecule has 1 aliphatic rings. The van der Waals surface area contributed by atoms with E-state index in [-0.39, 0.29) is 29.7 Å². The Bertz CT molecular complexity index is 1570. The predicted molar refractivity (Wildman–Crippen MR) is 173 cm³/mol. The van der Waals surface area contributed by atoms with E-state index in [1.807, 2.05) is 61.3 Å². The van der Waals surface area contributed by atoms with Crippen molar-refractivity contribution in [2.45, 2.75) is 37.8 Å². The smallest absolute Gasteiger partial charge is 0.251 e. The lowest BCUT2D eigenvalue weighted by Gasteiger charge is -2.29. The molecule has 8 nitrogen and oxygen atoms in total. The van der Waals surface area contributed by atoms with Crippen molar-refractivity contribution in [1.82, 2.24) is 20.9 Å². The summed E-state index contributed by atoms with van der Waals surface area (Å²) in [5, 5.41) is 18.8. The van der Waals surface area contributed by atoms with Crippen LogP contribution in [0.2, 0.25) is 0 Å². The quantitative estimate of drug-likeness (QED) is 0.0969. The molecule has 0 spiro atoms. The lowest BCUT2D eigenvalue weighted by molar-refractivity contribution is -0.132. The number of likely N-dealkylation sites (N-methyl/N-ethyl adjacent to an activating group) is 1. The number of nitrogens with zero attached hydrogens (tertiary/aromatic N) is 1. The number of nitrogens with two attached hydrogens (primary N) is 1. The van der Waals surface area contributed by atoms with Crippen molar-refractivity contribution in [2.75, 3.05) is 26.7 Å². The summed E-state index contributed by atoms with van der Waals surface area (Å²) in [6, 6.07) is 29.8. The summed E-state index contributed by atoms with van der Waals surface area (Å²) in [6.45, 7) is 3.40. The Kier molecular flexibility index (Phi) is 9.37.